The third kappa shape index (κ3) is 2.25. The average Bonchev–Trinajstić information content (AvgIpc) is 2.42. The first-order valence-corrected chi connectivity index (χ1v) is 8.79. The van der Waals surface area contributed by atoms with Crippen LogP contribution in [0, 0.1) is 0 Å². The molecule has 0 aromatic rings. The van der Waals surface area contributed by atoms with Gasteiger partial charge in [-0.15, -0.1) is 0 Å². The maximum absolute atomic E-state index is 14.7. The Kier molecular flexibility index (Phi) is 4.38. The van der Waals surface area contributed by atoms with Crippen LogP contribution in [0.15, 0.2) is 0 Å². The minimum Gasteiger partial charge on any atom is -0.340 e. The largest absolute Gasteiger partial charge is 0.352 e. The zero-order chi connectivity index (χ0) is 19.7. The van der Waals surface area contributed by atoms with E-state index in [0.29, 0.717) is 0 Å². The standard InChI is InChI=1S/C12H13F10O2P/c13-7(14)3-1-5-9(17,11(7,19)20)25(23,24)10(18)6-2-4-8(15,16)12(10,21)22/h1-6H2,(H,23,24). The SMILES string of the molecule is O=P(O)(C1(F)CCCC(F)(F)C1(F)F)C1(F)CCCC(F)(F)C1(F)F. The quantitative estimate of drug-likeness (QED) is 0.483. The van der Waals surface area contributed by atoms with Crippen molar-refractivity contribution < 1.29 is 53.4 Å². The third-order valence-corrected chi connectivity index (χ3v) is 7.77. The molecule has 0 amide bonds. The summed E-state index contributed by atoms with van der Waals surface area (Å²) in [4.78, 5) is 9.60. The Morgan fingerprint density at radius 1 is 0.600 bits per heavy atom. The van der Waals surface area contributed by atoms with Crippen molar-refractivity contribution >= 4 is 7.37 Å². The van der Waals surface area contributed by atoms with Gasteiger partial charge >= 0.3 is 23.7 Å². The van der Waals surface area contributed by atoms with Gasteiger partial charge in [0.15, 0.2) is 0 Å². The van der Waals surface area contributed by atoms with Gasteiger partial charge in [0, 0.05) is 12.8 Å². The minimum atomic E-state index is -7.26. The lowest BCUT2D eigenvalue weighted by Crippen LogP contribution is -2.65. The van der Waals surface area contributed by atoms with E-state index < -0.39 is 80.4 Å². The maximum atomic E-state index is 14.7. The third-order valence-electron chi connectivity index (χ3n) is 4.84. The summed E-state index contributed by atoms with van der Waals surface area (Å²) in [5.74, 6) is -22.5. The molecule has 25 heavy (non-hydrogen) atoms. The Labute approximate surface area is 135 Å². The van der Waals surface area contributed by atoms with Gasteiger partial charge in [0.2, 0.25) is 0 Å². The molecule has 0 radical (unpaired) electrons. The molecule has 0 aromatic carbocycles. The lowest BCUT2D eigenvalue weighted by Gasteiger charge is -2.50. The van der Waals surface area contributed by atoms with Gasteiger partial charge in [-0.2, -0.15) is 35.1 Å². The Bertz CT molecular complexity index is 561. The lowest BCUT2D eigenvalue weighted by molar-refractivity contribution is -0.285. The smallest absolute Gasteiger partial charge is 0.340 e. The minimum absolute atomic E-state index is 1.15. The van der Waals surface area contributed by atoms with E-state index in [4.69, 9.17) is 0 Å². The summed E-state index contributed by atoms with van der Waals surface area (Å²) in [7, 11) is -7.26. The molecule has 2 nitrogen and oxygen atoms in total. The van der Waals surface area contributed by atoms with Crippen molar-refractivity contribution in [2.75, 3.05) is 0 Å². The van der Waals surface area contributed by atoms with Crippen LogP contribution in [0.25, 0.3) is 0 Å². The first-order valence-electron chi connectivity index (χ1n) is 7.13. The Balaban J connectivity index is 2.66. The predicted molar refractivity (Wildman–Crippen MR) is 65.0 cm³/mol. The Morgan fingerprint density at radius 3 is 1.16 bits per heavy atom. The van der Waals surface area contributed by atoms with Crippen molar-refractivity contribution in [2.24, 2.45) is 0 Å². The molecule has 0 aromatic heterocycles. The van der Waals surface area contributed by atoms with Crippen LogP contribution in [0.4, 0.5) is 43.9 Å². The van der Waals surface area contributed by atoms with Crippen LogP contribution in [0.5, 0.6) is 0 Å². The predicted octanol–water partition coefficient (Wildman–Crippen LogP) is 5.50. The van der Waals surface area contributed by atoms with Gasteiger partial charge in [0.1, 0.15) is 0 Å². The highest BCUT2D eigenvalue weighted by molar-refractivity contribution is 7.61. The molecule has 0 bridgehead atoms. The van der Waals surface area contributed by atoms with Crippen LogP contribution in [-0.2, 0) is 4.57 Å². The fourth-order valence-electron chi connectivity index (χ4n) is 3.24. The van der Waals surface area contributed by atoms with Crippen molar-refractivity contribution in [1.82, 2.24) is 0 Å². The van der Waals surface area contributed by atoms with Gasteiger partial charge in [-0.3, -0.25) is 4.57 Å². The molecular weight excluding hydrogens is 397 g/mol. The maximum Gasteiger partial charge on any atom is 0.352 e. The molecule has 0 saturated heterocycles. The highest BCUT2D eigenvalue weighted by Gasteiger charge is 2.87. The second kappa shape index (κ2) is 5.27. The van der Waals surface area contributed by atoms with Crippen molar-refractivity contribution in [1.29, 1.82) is 0 Å². The summed E-state index contributed by atoms with van der Waals surface area (Å²) in [6.45, 7) is 0. The Hall–Kier alpha value is -0.510. The van der Waals surface area contributed by atoms with E-state index in [2.05, 4.69) is 0 Å². The molecule has 0 heterocycles. The second-order valence-electron chi connectivity index (χ2n) is 6.36. The topological polar surface area (TPSA) is 37.3 Å². The summed E-state index contributed by atoms with van der Waals surface area (Å²) in [5.41, 5.74) is 0. The molecule has 0 aliphatic heterocycles. The normalized spacial score (nSPS) is 41.7. The number of halogens is 10. The molecule has 2 fully saturated rings. The zero-order valence-electron chi connectivity index (χ0n) is 12.3. The van der Waals surface area contributed by atoms with Crippen LogP contribution < -0.4 is 0 Å². The van der Waals surface area contributed by atoms with Crippen LogP contribution in [0.2, 0.25) is 0 Å². The van der Waals surface area contributed by atoms with Gasteiger partial charge in [-0.25, -0.2) is 8.78 Å². The monoisotopic (exact) mass is 410 g/mol. The Morgan fingerprint density at radius 2 is 0.880 bits per heavy atom. The van der Waals surface area contributed by atoms with E-state index in [9.17, 15) is 53.4 Å². The number of hydrogen-bond acceptors (Lipinski definition) is 1. The molecule has 2 unspecified atom stereocenters. The number of rotatable bonds is 2. The summed E-state index contributed by atoms with van der Waals surface area (Å²) in [6, 6.07) is 0. The average molecular weight is 410 g/mol. The first kappa shape index (κ1) is 20.8. The van der Waals surface area contributed by atoms with Crippen LogP contribution in [-0.4, -0.2) is 39.4 Å². The van der Waals surface area contributed by atoms with Crippen molar-refractivity contribution in [3.63, 3.8) is 0 Å². The molecule has 2 aliphatic rings. The van der Waals surface area contributed by atoms with E-state index in [1.807, 2.05) is 0 Å². The van der Waals surface area contributed by atoms with E-state index in [1.54, 1.807) is 0 Å². The molecule has 148 valence electrons. The van der Waals surface area contributed by atoms with Crippen molar-refractivity contribution in [3.05, 3.63) is 0 Å². The molecule has 2 atom stereocenters. The summed E-state index contributed by atoms with van der Waals surface area (Å²) >= 11 is 0. The molecule has 1 N–H and O–H groups in total. The second-order valence-corrected chi connectivity index (χ2v) is 8.93. The van der Waals surface area contributed by atoms with E-state index >= 15 is 0 Å². The van der Waals surface area contributed by atoms with E-state index in [0.717, 1.165) is 0 Å². The fourth-order valence-corrected chi connectivity index (χ4v) is 5.82. The van der Waals surface area contributed by atoms with Crippen molar-refractivity contribution in [2.45, 2.75) is 73.0 Å². The lowest BCUT2D eigenvalue weighted by atomic mass is 9.89. The first-order chi connectivity index (χ1) is 10.9. The molecule has 2 rings (SSSR count). The highest BCUT2D eigenvalue weighted by atomic mass is 31.2. The van der Waals surface area contributed by atoms with Crippen LogP contribution in [0.1, 0.15) is 38.5 Å². The van der Waals surface area contributed by atoms with Gasteiger partial charge in [0.05, 0.1) is 0 Å². The van der Waals surface area contributed by atoms with Gasteiger partial charge in [-0.1, -0.05) is 0 Å². The van der Waals surface area contributed by atoms with E-state index in [-0.39, 0.29) is 0 Å². The van der Waals surface area contributed by atoms with Gasteiger partial charge in [-0.05, 0) is 25.7 Å². The highest BCUT2D eigenvalue weighted by Crippen LogP contribution is 2.80. The number of hydrogen-bond donors (Lipinski definition) is 1. The fraction of sp³-hybridized carbons (Fsp3) is 1.00. The molecular formula is C12H13F10O2P. The summed E-state index contributed by atoms with van der Waals surface area (Å²) < 4.78 is 150. The van der Waals surface area contributed by atoms with Gasteiger partial charge < -0.3 is 4.89 Å². The molecule has 13 heteroatoms. The van der Waals surface area contributed by atoms with E-state index in [1.165, 1.54) is 0 Å². The molecule has 2 saturated carbocycles. The summed E-state index contributed by atoms with van der Waals surface area (Å²) in [6.07, 6.45) is -9.29. The zero-order valence-corrected chi connectivity index (χ0v) is 13.2. The summed E-state index contributed by atoms with van der Waals surface area (Å²) in [5, 5.41) is -10.6. The number of alkyl halides is 10. The molecule has 0 spiro atoms. The molecule has 2 aliphatic carbocycles. The van der Waals surface area contributed by atoms with Gasteiger partial charge in [0.25, 0.3) is 18.2 Å². The van der Waals surface area contributed by atoms with Crippen LogP contribution >= 0.6 is 7.37 Å². The van der Waals surface area contributed by atoms with Crippen molar-refractivity contribution in [3.8, 4) is 0 Å². The van der Waals surface area contributed by atoms with Crippen LogP contribution in [0.3, 0.4) is 0 Å².